The molecule has 1 saturated carbocycles. The molecule has 2 unspecified atom stereocenters. The fourth-order valence-electron chi connectivity index (χ4n) is 3.29. The van der Waals surface area contributed by atoms with E-state index >= 15 is 0 Å². The number of aromatic nitrogens is 1. The van der Waals surface area contributed by atoms with Gasteiger partial charge in [-0.2, -0.15) is 0 Å². The van der Waals surface area contributed by atoms with Crippen molar-refractivity contribution in [2.45, 2.75) is 58.9 Å². The molecule has 0 aliphatic heterocycles. The molecule has 0 aromatic carbocycles. The highest BCUT2D eigenvalue weighted by Gasteiger charge is 2.34. The average molecular weight is 274 g/mol. The minimum Gasteiger partial charge on any atom is -0.353 e. The van der Waals surface area contributed by atoms with E-state index in [1.54, 1.807) is 12.4 Å². The summed E-state index contributed by atoms with van der Waals surface area (Å²) in [5.74, 6) is 0.697. The van der Waals surface area contributed by atoms with Crippen molar-refractivity contribution in [2.75, 3.05) is 0 Å². The zero-order chi connectivity index (χ0) is 14.6. The first kappa shape index (κ1) is 15.0. The first-order chi connectivity index (χ1) is 9.52. The standard InChI is InChI=1S/C17H26N2O/c1-4-17(3)8-5-15(13(2)12-17)19-16(20)11-14-6-9-18-10-7-14/h6-7,9-10,13,15H,4-5,8,11-12H2,1-3H3,(H,19,20)/t13-,15?,17?/m1/s1. The van der Waals surface area contributed by atoms with Crippen LogP contribution in [0.15, 0.2) is 24.5 Å². The molecule has 1 N–H and O–H groups in total. The summed E-state index contributed by atoms with van der Waals surface area (Å²) in [6, 6.07) is 4.14. The normalized spacial score (nSPS) is 29.9. The summed E-state index contributed by atoms with van der Waals surface area (Å²) in [5.41, 5.74) is 1.49. The lowest BCUT2D eigenvalue weighted by Crippen LogP contribution is -2.45. The van der Waals surface area contributed by atoms with Gasteiger partial charge in [-0.05, 0) is 48.3 Å². The van der Waals surface area contributed by atoms with Crippen LogP contribution in [0, 0.1) is 11.3 Å². The van der Waals surface area contributed by atoms with Gasteiger partial charge in [0.1, 0.15) is 0 Å². The van der Waals surface area contributed by atoms with Gasteiger partial charge in [0.25, 0.3) is 0 Å². The molecule has 20 heavy (non-hydrogen) atoms. The Morgan fingerprint density at radius 3 is 2.75 bits per heavy atom. The first-order valence-corrected chi connectivity index (χ1v) is 7.71. The quantitative estimate of drug-likeness (QED) is 0.915. The van der Waals surface area contributed by atoms with Gasteiger partial charge in [0, 0.05) is 18.4 Å². The van der Waals surface area contributed by atoms with Gasteiger partial charge in [0.15, 0.2) is 0 Å². The number of hydrogen-bond acceptors (Lipinski definition) is 2. The molecule has 0 radical (unpaired) electrons. The van der Waals surface area contributed by atoms with Gasteiger partial charge in [-0.3, -0.25) is 9.78 Å². The third-order valence-electron chi connectivity index (χ3n) is 4.87. The van der Waals surface area contributed by atoms with Crippen LogP contribution in [0.25, 0.3) is 0 Å². The zero-order valence-electron chi connectivity index (χ0n) is 12.9. The Balaban J connectivity index is 1.86. The summed E-state index contributed by atoms with van der Waals surface area (Å²) in [6.07, 6.45) is 8.69. The zero-order valence-corrected chi connectivity index (χ0v) is 12.9. The molecule has 1 aromatic heterocycles. The molecule has 0 spiro atoms. The highest BCUT2D eigenvalue weighted by Crippen LogP contribution is 2.41. The third-order valence-corrected chi connectivity index (χ3v) is 4.87. The van der Waals surface area contributed by atoms with E-state index in [9.17, 15) is 4.79 Å². The van der Waals surface area contributed by atoms with Crippen molar-refractivity contribution in [1.82, 2.24) is 10.3 Å². The molecule has 1 aliphatic carbocycles. The Kier molecular flexibility index (Phi) is 4.79. The lowest BCUT2D eigenvalue weighted by molar-refractivity contribution is -0.122. The van der Waals surface area contributed by atoms with Crippen LogP contribution in [-0.2, 0) is 11.2 Å². The summed E-state index contributed by atoms with van der Waals surface area (Å²) < 4.78 is 0. The highest BCUT2D eigenvalue weighted by atomic mass is 16.1. The predicted octanol–water partition coefficient (Wildman–Crippen LogP) is 3.35. The second-order valence-corrected chi connectivity index (χ2v) is 6.59. The minimum atomic E-state index is 0.133. The van der Waals surface area contributed by atoms with Crippen molar-refractivity contribution in [3.8, 4) is 0 Å². The molecular formula is C17H26N2O. The van der Waals surface area contributed by atoms with Gasteiger partial charge >= 0.3 is 0 Å². The minimum absolute atomic E-state index is 0.133. The van der Waals surface area contributed by atoms with Crippen LogP contribution in [0.1, 0.15) is 52.0 Å². The number of amides is 1. The number of nitrogens with one attached hydrogen (secondary N) is 1. The molecule has 3 nitrogen and oxygen atoms in total. The highest BCUT2D eigenvalue weighted by molar-refractivity contribution is 5.78. The molecule has 0 bridgehead atoms. The molecule has 110 valence electrons. The summed E-state index contributed by atoms with van der Waals surface area (Å²) >= 11 is 0. The molecule has 3 atom stereocenters. The SMILES string of the molecule is CCC1(C)CCC(NC(=O)Cc2ccncc2)[C@H](C)C1. The lowest BCUT2D eigenvalue weighted by Gasteiger charge is -2.41. The second-order valence-electron chi connectivity index (χ2n) is 6.59. The van der Waals surface area contributed by atoms with Gasteiger partial charge in [0.2, 0.25) is 5.91 Å². The van der Waals surface area contributed by atoms with Gasteiger partial charge in [-0.25, -0.2) is 0 Å². The van der Waals surface area contributed by atoms with Crippen LogP contribution in [-0.4, -0.2) is 16.9 Å². The molecule has 3 heteroatoms. The number of pyridine rings is 1. The van der Waals surface area contributed by atoms with Crippen molar-refractivity contribution in [2.24, 2.45) is 11.3 Å². The lowest BCUT2D eigenvalue weighted by atomic mass is 9.68. The molecule has 2 rings (SSSR count). The predicted molar refractivity (Wildman–Crippen MR) is 81.3 cm³/mol. The molecule has 0 saturated heterocycles. The van der Waals surface area contributed by atoms with Crippen molar-refractivity contribution >= 4 is 5.91 Å². The maximum absolute atomic E-state index is 12.1. The second kappa shape index (κ2) is 6.38. The average Bonchev–Trinajstić information content (AvgIpc) is 2.43. The molecule has 1 amide bonds. The van der Waals surface area contributed by atoms with Crippen LogP contribution in [0.3, 0.4) is 0 Å². The maximum Gasteiger partial charge on any atom is 0.224 e. The summed E-state index contributed by atoms with van der Waals surface area (Å²) in [7, 11) is 0. The van der Waals surface area contributed by atoms with Gasteiger partial charge in [-0.1, -0.05) is 27.2 Å². The van der Waals surface area contributed by atoms with Crippen LogP contribution >= 0.6 is 0 Å². The Bertz CT molecular complexity index is 446. The smallest absolute Gasteiger partial charge is 0.224 e. The Hall–Kier alpha value is -1.38. The van der Waals surface area contributed by atoms with Gasteiger partial charge in [0.05, 0.1) is 6.42 Å². The molecule has 1 fully saturated rings. The van der Waals surface area contributed by atoms with Crippen molar-refractivity contribution in [1.29, 1.82) is 0 Å². The third kappa shape index (κ3) is 3.81. The van der Waals surface area contributed by atoms with Crippen molar-refractivity contribution in [3.63, 3.8) is 0 Å². The monoisotopic (exact) mass is 274 g/mol. The van der Waals surface area contributed by atoms with E-state index in [2.05, 4.69) is 31.1 Å². The Morgan fingerprint density at radius 2 is 2.15 bits per heavy atom. The summed E-state index contributed by atoms with van der Waals surface area (Å²) in [5, 5.41) is 3.22. The van der Waals surface area contributed by atoms with E-state index in [0.717, 1.165) is 12.0 Å². The van der Waals surface area contributed by atoms with E-state index in [-0.39, 0.29) is 5.91 Å². The maximum atomic E-state index is 12.1. The number of carbonyl (C=O) groups excluding carboxylic acids is 1. The van der Waals surface area contributed by atoms with Crippen molar-refractivity contribution < 1.29 is 4.79 Å². The van der Waals surface area contributed by atoms with Gasteiger partial charge < -0.3 is 5.32 Å². The van der Waals surface area contributed by atoms with Crippen LogP contribution in [0.2, 0.25) is 0 Å². The molecule has 1 aliphatic rings. The van der Waals surface area contributed by atoms with Crippen LogP contribution in [0.5, 0.6) is 0 Å². The number of nitrogens with zero attached hydrogens (tertiary/aromatic N) is 1. The number of carbonyl (C=O) groups is 1. The Labute approximate surface area is 122 Å². The number of rotatable bonds is 4. The van der Waals surface area contributed by atoms with E-state index in [1.165, 1.54) is 19.3 Å². The Morgan fingerprint density at radius 1 is 1.45 bits per heavy atom. The first-order valence-electron chi connectivity index (χ1n) is 7.71. The van der Waals surface area contributed by atoms with Gasteiger partial charge in [-0.15, -0.1) is 0 Å². The summed E-state index contributed by atoms with van der Waals surface area (Å²) in [6.45, 7) is 6.91. The largest absolute Gasteiger partial charge is 0.353 e. The fourth-order valence-corrected chi connectivity index (χ4v) is 3.29. The number of hydrogen-bond donors (Lipinski definition) is 1. The van der Waals surface area contributed by atoms with Crippen molar-refractivity contribution in [3.05, 3.63) is 30.1 Å². The summed E-state index contributed by atoms with van der Waals surface area (Å²) in [4.78, 5) is 16.1. The molecule has 1 heterocycles. The molecule has 1 aromatic rings. The van der Waals surface area contributed by atoms with Crippen LogP contribution < -0.4 is 5.32 Å². The topological polar surface area (TPSA) is 42.0 Å². The molecular weight excluding hydrogens is 248 g/mol. The van der Waals surface area contributed by atoms with E-state index < -0.39 is 0 Å². The fraction of sp³-hybridized carbons (Fsp3) is 0.647. The van der Waals surface area contributed by atoms with E-state index in [0.29, 0.717) is 23.8 Å². The van der Waals surface area contributed by atoms with E-state index in [4.69, 9.17) is 0 Å². The van der Waals surface area contributed by atoms with E-state index in [1.807, 2.05) is 12.1 Å². The van der Waals surface area contributed by atoms with Crippen LogP contribution in [0.4, 0.5) is 0 Å².